The Labute approximate surface area is 248 Å². The first-order chi connectivity index (χ1) is 20.0. The molecule has 0 saturated carbocycles. The van der Waals surface area contributed by atoms with Crippen molar-refractivity contribution in [3.63, 3.8) is 0 Å². The van der Waals surface area contributed by atoms with Gasteiger partial charge in [0, 0.05) is 28.2 Å². The zero-order valence-corrected chi connectivity index (χ0v) is 24.0. The van der Waals surface area contributed by atoms with Crippen molar-refractivity contribution in [1.82, 2.24) is 9.88 Å². The number of aliphatic imine (C=N–C) groups is 1. The van der Waals surface area contributed by atoms with Gasteiger partial charge in [0.2, 0.25) is 5.75 Å². The number of ether oxygens (including phenoxy) is 1. The third-order valence-corrected chi connectivity index (χ3v) is 7.62. The number of carbonyl (C=O) groups is 1. The highest BCUT2D eigenvalue weighted by molar-refractivity contribution is 8.18. The molecule has 1 amide bonds. The number of thioether (sulfide) groups is 1. The number of hydrogen-bond acceptors (Lipinski definition) is 8. The van der Waals surface area contributed by atoms with Crippen LogP contribution in [0.4, 0.5) is 17.1 Å². The highest BCUT2D eigenvalue weighted by atomic mass is 35.5. The number of carbonyl (C=O) groups excluding carboxylic acids is 1. The number of aryl methyl sites for hydroxylation is 2. The Bertz CT molecular complexity index is 1830. The number of nitrogens with one attached hydrogen (secondary N) is 1. The van der Waals surface area contributed by atoms with Gasteiger partial charge in [0.15, 0.2) is 5.17 Å². The fraction of sp³-hybridized carbons (Fsp3) is 0.103. The third-order valence-electron chi connectivity index (χ3n) is 6.47. The van der Waals surface area contributed by atoms with Crippen molar-refractivity contribution >= 4 is 57.6 Å². The van der Waals surface area contributed by atoms with Crippen LogP contribution in [0.25, 0.3) is 11.8 Å². The summed E-state index contributed by atoms with van der Waals surface area (Å²) >= 11 is 7.35. The van der Waals surface area contributed by atoms with Crippen molar-refractivity contribution in [2.24, 2.45) is 4.99 Å². The SMILES string of the molecule is Cc1ccc(Cl)cc1N=C1NC(=O)/C(=C/c2cc(C)n(-c3ccc(Oc4ccc([N+](=O)[O-])cc4[N+](=O)[O-])cc3)c2C)S1. The fourth-order valence-electron chi connectivity index (χ4n) is 4.40. The van der Waals surface area contributed by atoms with Crippen LogP contribution in [0.3, 0.4) is 0 Å². The highest BCUT2D eigenvalue weighted by Crippen LogP contribution is 2.36. The van der Waals surface area contributed by atoms with Crippen LogP contribution in [0.5, 0.6) is 11.5 Å². The Hall–Kier alpha value is -4.94. The number of rotatable bonds is 7. The summed E-state index contributed by atoms with van der Waals surface area (Å²) in [5, 5.41) is 26.3. The van der Waals surface area contributed by atoms with E-state index in [1.807, 2.05) is 43.5 Å². The van der Waals surface area contributed by atoms with Gasteiger partial charge in [-0.05, 0) is 98.3 Å². The molecule has 1 N–H and O–H groups in total. The minimum Gasteiger partial charge on any atom is -0.450 e. The molecule has 0 spiro atoms. The summed E-state index contributed by atoms with van der Waals surface area (Å²) < 4.78 is 7.69. The fourth-order valence-corrected chi connectivity index (χ4v) is 5.40. The summed E-state index contributed by atoms with van der Waals surface area (Å²) in [6, 6.07) is 17.5. The van der Waals surface area contributed by atoms with E-state index in [1.54, 1.807) is 36.4 Å². The lowest BCUT2D eigenvalue weighted by atomic mass is 10.2. The molecule has 2 heterocycles. The van der Waals surface area contributed by atoms with E-state index in [9.17, 15) is 25.0 Å². The van der Waals surface area contributed by atoms with Crippen LogP contribution >= 0.6 is 23.4 Å². The number of amidine groups is 1. The van der Waals surface area contributed by atoms with Crippen molar-refractivity contribution in [1.29, 1.82) is 0 Å². The van der Waals surface area contributed by atoms with Gasteiger partial charge in [-0.15, -0.1) is 0 Å². The van der Waals surface area contributed by atoms with Gasteiger partial charge < -0.3 is 14.6 Å². The lowest BCUT2D eigenvalue weighted by Gasteiger charge is -2.11. The second kappa shape index (κ2) is 11.5. The first-order valence-corrected chi connectivity index (χ1v) is 13.7. The predicted octanol–water partition coefficient (Wildman–Crippen LogP) is 7.56. The minimum absolute atomic E-state index is 0.110. The summed E-state index contributed by atoms with van der Waals surface area (Å²) in [6.07, 6.45) is 1.82. The maximum atomic E-state index is 12.7. The molecule has 4 aromatic rings. The molecule has 13 heteroatoms. The number of non-ortho nitro benzene ring substituents is 1. The molecule has 11 nitrogen and oxygen atoms in total. The van der Waals surface area contributed by atoms with Crippen LogP contribution in [-0.4, -0.2) is 25.5 Å². The number of aromatic nitrogens is 1. The Morgan fingerprint density at radius 3 is 2.40 bits per heavy atom. The largest absolute Gasteiger partial charge is 0.450 e. The van der Waals surface area contributed by atoms with Gasteiger partial charge in [-0.1, -0.05) is 17.7 Å². The van der Waals surface area contributed by atoms with Crippen molar-refractivity contribution in [2.45, 2.75) is 20.8 Å². The van der Waals surface area contributed by atoms with Crippen LogP contribution in [0.15, 0.2) is 76.6 Å². The molecule has 3 aromatic carbocycles. The van der Waals surface area contributed by atoms with Gasteiger partial charge in [0.1, 0.15) is 5.75 Å². The van der Waals surface area contributed by atoms with Crippen LogP contribution in [-0.2, 0) is 4.79 Å². The molecule has 0 aliphatic carbocycles. The van der Waals surface area contributed by atoms with Gasteiger partial charge in [0.25, 0.3) is 11.6 Å². The average molecular weight is 604 g/mol. The summed E-state index contributed by atoms with van der Waals surface area (Å²) in [7, 11) is 0. The zero-order chi connectivity index (χ0) is 30.1. The number of nitro groups is 2. The van der Waals surface area contributed by atoms with E-state index in [-0.39, 0.29) is 11.7 Å². The topological polar surface area (TPSA) is 142 Å². The van der Waals surface area contributed by atoms with Gasteiger partial charge >= 0.3 is 5.69 Å². The summed E-state index contributed by atoms with van der Waals surface area (Å²) in [5.74, 6) is -0.0345. The first kappa shape index (κ1) is 28.6. The molecule has 0 atom stereocenters. The smallest absolute Gasteiger partial charge is 0.318 e. The van der Waals surface area contributed by atoms with Crippen LogP contribution in [0, 0.1) is 41.0 Å². The van der Waals surface area contributed by atoms with E-state index in [1.165, 1.54) is 17.8 Å². The number of nitro benzene ring substituents is 2. The molecule has 1 aromatic heterocycles. The number of nitrogens with zero attached hydrogens (tertiary/aromatic N) is 4. The minimum atomic E-state index is -0.727. The van der Waals surface area contributed by atoms with Gasteiger partial charge in [-0.2, -0.15) is 0 Å². The lowest BCUT2D eigenvalue weighted by molar-refractivity contribution is -0.394. The standard InChI is InChI=1S/C29H22ClN5O6S/c1-16-4-5-20(30)14-24(16)31-29-32-28(36)27(42-29)13-19-12-17(2)33(18(19)3)21-6-9-23(10-7-21)41-26-11-8-22(34(37)38)15-25(26)35(39)40/h4-15H,1-3H3,(H,31,32,36)/b27-13-. The zero-order valence-electron chi connectivity index (χ0n) is 22.5. The van der Waals surface area contributed by atoms with Gasteiger partial charge in [-0.3, -0.25) is 25.0 Å². The van der Waals surface area contributed by atoms with E-state index in [0.717, 1.165) is 40.3 Å². The number of benzene rings is 3. The molecule has 0 bridgehead atoms. The number of hydrogen-bond donors (Lipinski definition) is 1. The lowest BCUT2D eigenvalue weighted by Crippen LogP contribution is -2.19. The maximum Gasteiger partial charge on any atom is 0.318 e. The monoisotopic (exact) mass is 603 g/mol. The Balaban J connectivity index is 1.37. The van der Waals surface area contributed by atoms with Crippen molar-refractivity contribution in [3.8, 4) is 17.2 Å². The highest BCUT2D eigenvalue weighted by Gasteiger charge is 2.25. The van der Waals surface area contributed by atoms with Gasteiger partial charge in [-0.25, -0.2) is 4.99 Å². The number of halogens is 1. The molecular weight excluding hydrogens is 582 g/mol. The van der Waals surface area contributed by atoms with Crippen LogP contribution in [0.1, 0.15) is 22.5 Å². The summed E-state index contributed by atoms with van der Waals surface area (Å²) in [5.41, 5.74) is 4.18. The van der Waals surface area contributed by atoms with Gasteiger partial charge in [0.05, 0.1) is 26.5 Å². The second-order valence-electron chi connectivity index (χ2n) is 9.34. The molecule has 1 aliphatic rings. The molecule has 0 radical (unpaired) electrons. The normalized spacial score (nSPS) is 14.8. The molecule has 1 fully saturated rings. The Morgan fingerprint density at radius 1 is 0.976 bits per heavy atom. The first-order valence-electron chi connectivity index (χ1n) is 12.5. The number of amides is 1. The third kappa shape index (κ3) is 5.90. The van der Waals surface area contributed by atoms with Crippen LogP contribution in [0.2, 0.25) is 5.02 Å². The Morgan fingerprint density at radius 2 is 1.71 bits per heavy atom. The molecule has 1 saturated heterocycles. The predicted molar refractivity (Wildman–Crippen MR) is 162 cm³/mol. The van der Waals surface area contributed by atoms with Crippen molar-refractivity contribution in [2.75, 3.05) is 0 Å². The molecule has 42 heavy (non-hydrogen) atoms. The van der Waals surface area contributed by atoms with Crippen molar-refractivity contribution in [3.05, 3.63) is 119 Å². The second-order valence-corrected chi connectivity index (χ2v) is 10.8. The van der Waals surface area contributed by atoms with Crippen LogP contribution < -0.4 is 10.1 Å². The molecular formula is C29H22ClN5O6S. The molecule has 1 aliphatic heterocycles. The molecule has 0 unspecified atom stereocenters. The van der Waals surface area contributed by atoms with E-state index in [2.05, 4.69) is 10.3 Å². The van der Waals surface area contributed by atoms with Crippen molar-refractivity contribution < 1.29 is 19.4 Å². The van der Waals surface area contributed by atoms with E-state index in [0.29, 0.717) is 26.5 Å². The molecule has 5 rings (SSSR count). The average Bonchev–Trinajstić information content (AvgIpc) is 3.43. The maximum absolute atomic E-state index is 12.7. The summed E-state index contributed by atoms with van der Waals surface area (Å²) in [4.78, 5) is 38.8. The van der Waals surface area contributed by atoms with E-state index in [4.69, 9.17) is 16.3 Å². The Kier molecular flexibility index (Phi) is 7.83. The quantitative estimate of drug-likeness (QED) is 0.130. The molecule has 212 valence electrons. The van der Waals surface area contributed by atoms with E-state index >= 15 is 0 Å². The van der Waals surface area contributed by atoms with E-state index < -0.39 is 21.2 Å². The summed E-state index contributed by atoms with van der Waals surface area (Å²) in [6.45, 7) is 5.79.